The normalized spacial score (nSPS) is 24.1. The molecule has 8 nitrogen and oxygen atoms in total. The average molecular weight is 476 g/mol. The molecule has 3 aromatic rings. The van der Waals surface area contributed by atoms with Crippen molar-refractivity contribution in [3.05, 3.63) is 35.0 Å². The van der Waals surface area contributed by atoms with Gasteiger partial charge in [-0.15, -0.1) is 0 Å². The van der Waals surface area contributed by atoms with Crippen LogP contribution in [0.3, 0.4) is 0 Å². The number of hydrogen-bond acceptors (Lipinski definition) is 7. The Balaban J connectivity index is 1.49. The molecule has 0 spiro atoms. The van der Waals surface area contributed by atoms with Crippen LogP contribution < -0.4 is 4.90 Å². The van der Waals surface area contributed by atoms with E-state index in [9.17, 15) is 13.2 Å². The summed E-state index contributed by atoms with van der Waals surface area (Å²) in [5.74, 6) is -0.824. The highest BCUT2D eigenvalue weighted by Gasteiger charge is 2.42. The van der Waals surface area contributed by atoms with Crippen molar-refractivity contribution in [3.8, 4) is 0 Å². The third kappa shape index (κ3) is 4.45. The average Bonchev–Trinajstić information content (AvgIpc) is 3.25. The Labute approximate surface area is 195 Å². The molecule has 1 atom stereocenters. The third-order valence-electron chi connectivity index (χ3n) is 6.98. The smallest absolute Gasteiger partial charge is 0.370 e. The Kier molecular flexibility index (Phi) is 5.91. The van der Waals surface area contributed by atoms with Gasteiger partial charge in [-0.1, -0.05) is 0 Å². The summed E-state index contributed by atoms with van der Waals surface area (Å²) in [4.78, 5) is 21.0. The molecule has 11 heteroatoms. The van der Waals surface area contributed by atoms with Crippen LogP contribution in [0.2, 0.25) is 0 Å². The number of alkyl halides is 3. The Bertz CT molecular complexity index is 1190. The van der Waals surface area contributed by atoms with Gasteiger partial charge in [-0.05, 0) is 39.5 Å². The third-order valence-corrected chi connectivity index (χ3v) is 6.98. The van der Waals surface area contributed by atoms with Crippen molar-refractivity contribution in [1.29, 1.82) is 0 Å². The second-order valence-corrected chi connectivity index (χ2v) is 9.32. The van der Waals surface area contributed by atoms with Crippen LogP contribution in [0, 0.1) is 19.8 Å². The number of anilines is 1. The number of aryl methyl sites for hydroxylation is 3. The van der Waals surface area contributed by atoms with E-state index >= 15 is 0 Å². The molecule has 0 radical (unpaired) electrons. The van der Waals surface area contributed by atoms with Gasteiger partial charge in [0.1, 0.15) is 11.6 Å². The highest BCUT2D eigenvalue weighted by atomic mass is 19.4. The summed E-state index contributed by atoms with van der Waals surface area (Å²) < 4.78 is 47.4. The fourth-order valence-corrected chi connectivity index (χ4v) is 4.88. The maximum absolute atomic E-state index is 13.2. The van der Waals surface area contributed by atoms with Crippen LogP contribution in [0.1, 0.15) is 60.4 Å². The number of aromatic nitrogens is 6. The molecule has 1 aliphatic heterocycles. The largest absolute Gasteiger partial charge is 0.391 e. The maximum Gasteiger partial charge on any atom is 0.391 e. The van der Waals surface area contributed by atoms with Gasteiger partial charge in [0.2, 0.25) is 5.95 Å². The maximum atomic E-state index is 13.2. The molecule has 1 unspecified atom stereocenters. The highest BCUT2D eigenvalue weighted by molar-refractivity contribution is 5.75. The Morgan fingerprint density at radius 2 is 1.74 bits per heavy atom. The molecule has 0 amide bonds. The number of nitrogens with zero attached hydrogens (tertiary/aromatic N) is 7. The molecule has 1 aliphatic carbocycles. The molecular weight excluding hydrogens is 447 g/mol. The van der Waals surface area contributed by atoms with Crippen molar-refractivity contribution >= 4 is 17.1 Å². The predicted molar refractivity (Wildman–Crippen MR) is 119 cm³/mol. The first-order valence-corrected chi connectivity index (χ1v) is 11.6. The van der Waals surface area contributed by atoms with E-state index < -0.39 is 12.1 Å². The number of ether oxygens (including phenoxy) is 1. The van der Waals surface area contributed by atoms with Gasteiger partial charge in [-0.3, -0.25) is 4.68 Å². The van der Waals surface area contributed by atoms with Gasteiger partial charge in [-0.2, -0.15) is 23.3 Å². The zero-order valence-corrected chi connectivity index (χ0v) is 19.5. The van der Waals surface area contributed by atoms with E-state index in [2.05, 4.69) is 15.0 Å². The van der Waals surface area contributed by atoms with Crippen LogP contribution in [0.4, 0.5) is 19.1 Å². The van der Waals surface area contributed by atoms with Gasteiger partial charge in [0.05, 0.1) is 42.3 Å². The van der Waals surface area contributed by atoms with E-state index in [1.54, 1.807) is 10.9 Å². The molecule has 0 bridgehead atoms. The molecule has 5 rings (SSSR count). The van der Waals surface area contributed by atoms with E-state index in [-0.39, 0.29) is 24.9 Å². The zero-order valence-electron chi connectivity index (χ0n) is 19.5. The number of rotatable bonds is 3. The van der Waals surface area contributed by atoms with Crippen LogP contribution in [0.5, 0.6) is 0 Å². The standard InChI is InChI=1S/C23H28F3N7O/c1-13-14(2)29-21-20(28-13)19(15-4-6-17(7-5-15)23(24,25)26)30-22(31-21)33-8-9-34-18(12-33)16-10-27-32(3)11-16/h10-11,15,17-18H,4-9,12H2,1-3H3. The Morgan fingerprint density at radius 3 is 2.41 bits per heavy atom. The molecule has 0 aromatic carbocycles. The lowest BCUT2D eigenvalue weighted by molar-refractivity contribution is -0.182. The first-order valence-electron chi connectivity index (χ1n) is 11.6. The van der Waals surface area contributed by atoms with Crippen molar-refractivity contribution in [1.82, 2.24) is 29.7 Å². The van der Waals surface area contributed by atoms with Gasteiger partial charge in [0.25, 0.3) is 0 Å². The molecule has 182 valence electrons. The second-order valence-electron chi connectivity index (χ2n) is 9.32. The molecular formula is C23H28F3N7O. The van der Waals surface area contributed by atoms with Crippen LogP contribution in [0.25, 0.3) is 11.2 Å². The van der Waals surface area contributed by atoms with Crippen molar-refractivity contribution in [3.63, 3.8) is 0 Å². The fraction of sp³-hybridized carbons (Fsp3) is 0.609. The minimum atomic E-state index is -4.15. The SMILES string of the molecule is Cc1nc2nc(N3CCOC(c4cnn(C)c4)C3)nc(C3CCC(C(F)(F)F)CC3)c2nc1C. The quantitative estimate of drug-likeness (QED) is 0.562. The molecule has 34 heavy (non-hydrogen) atoms. The summed E-state index contributed by atoms with van der Waals surface area (Å²) in [5.41, 5.74) is 4.33. The first kappa shape index (κ1) is 22.9. The molecule has 1 saturated heterocycles. The highest BCUT2D eigenvalue weighted by Crippen LogP contribution is 2.43. The molecule has 2 aliphatic rings. The van der Waals surface area contributed by atoms with E-state index in [1.165, 1.54) is 0 Å². The van der Waals surface area contributed by atoms with Crippen molar-refractivity contribution < 1.29 is 17.9 Å². The van der Waals surface area contributed by atoms with Gasteiger partial charge in [0.15, 0.2) is 5.65 Å². The van der Waals surface area contributed by atoms with Crippen LogP contribution >= 0.6 is 0 Å². The first-order chi connectivity index (χ1) is 16.2. The van der Waals surface area contributed by atoms with Crippen molar-refractivity contribution in [2.75, 3.05) is 24.6 Å². The summed E-state index contributed by atoms with van der Waals surface area (Å²) in [6.07, 6.45) is 0.458. The van der Waals surface area contributed by atoms with E-state index in [4.69, 9.17) is 19.7 Å². The van der Waals surface area contributed by atoms with Crippen LogP contribution in [0.15, 0.2) is 12.4 Å². The van der Waals surface area contributed by atoms with E-state index in [0.29, 0.717) is 55.3 Å². The fourth-order valence-electron chi connectivity index (χ4n) is 4.88. The van der Waals surface area contributed by atoms with Crippen molar-refractivity contribution in [2.45, 2.75) is 57.7 Å². The topological polar surface area (TPSA) is 81.9 Å². The van der Waals surface area contributed by atoms with Gasteiger partial charge >= 0.3 is 6.18 Å². The monoisotopic (exact) mass is 475 g/mol. The molecule has 3 aromatic heterocycles. The lowest BCUT2D eigenvalue weighted by atomic mass is 9.80. The van der Waals surface area contributed by atoms with E-state index in [0.717, 1.165) is 17.0 Å². The number of halogens is 3. The van der Waals surface area contributed by atoms with Crippen molar-refractivity contribution in [2.24, 2.45) is 13.0 Å². The lowest BCUT2D eigenvalue weighted by Crippen LogP contribution is -2.39. The summed E-state index contributed by atoms with van der Waals surface area (Å²) in [6, 6.07) is 0. The predicted octanol–water partition coefficient (Wildman–Crippen LogP) is 4.18. The minimum absolute atomic E-state index is 0.102. The number of morpholine rings is 1. The van der Waals surface area contributed by atoms with Gasteiger partial charge in [0, 0.05) is 31.3 Å². The van der Waals surface area contributed by atoms with Crippen LogP contribution in [-0.4, -0.2) is 55.6 Å². The van der Waals surface area contributed by atoms with Crippen LogP contribution in [-0.2, 0) is 11.8 Å². The summed E-state index contributed by atoms with van der Waals surface area (Å²) in [5, 5.41) is 4.24. The second kappa shape index (κ2) is 8.75. The Morgan fingerprint density at radius 1 is 1.00 bits per heavy atom. The number of fused-ring (bicyclic) bond motifs is 1. The van der Waals surface area contributed by atoms with Gasteiger partial charge < -0.3 is 9.64 Å². The minimum Gasteiger partial charge on any atom is -0.370 e. The summed E-state index contributed by atoms with van der Waals surface area (Å²) >= 11 is 0. The Hall–Kier alpha value is -2.82. The molecule has 0 N–H and O–H groups in total. The number of hydrogen-bond donors (Lipinski definition) is 0. The van der Waals surface area contributed by atoms with Gasteiger partial charge in [-0.25, -0.2) is 15.0 Å². The van der Waals surface area contributed by atoms with E-state index in [1.807, 2.05) is 27.1 Å². The summed E-state index contributed by atoms with van der Waals surface area (Å²) in [6.45, 7) is 5.42. The molecule has 2 fully saturated rings. The summed E-state index contributed by atoms with van der Waals surface area (Å²) in [7, 11) is 1.86. The molecule has 4 heterocycles. The zero-order chi connectivity index (χ0) is 24.0. The molecule has 1 saturated carbocycles. The lowest BCUT2D eigenvalue weighted by Gasteiger charge is -2.34.